The van der Waals surface area contributed by atoms with Crippen molar-refractivity contribution >= 4 is 11.6 Å². The normalized spacial score (nSPS) is 16.7. The number of benzene rings is 1. The van der Waals surface area contributed by atoms with Crippen molar-refractivity contribution in [3.05, 3.63) is 53.2 Å². The maximum absolute atomic E-state index is 14.1. The van der Waals surface area contributed by atoms with E-state index in [9.17, 15) is 9.18 Å². The Kier molecular flexibility index (Phi) is 5.00. The van der Waals surface area contributed by atoms with Gasteiger partial charge in [0.15, 0.2) is 5.82 Å². The number of hydrogen-bond donors (Lipinski definition) is 0. The van der Waals surface area contributed by atoms with E-state index in [2.05, 4.69) is 10.1 Å². The molecule has 0 atom stereocenters. The fourth-order valence-electron chi connectivity index (χ4n) is 4.32. The molecule has 2 fully saturated rings. The molecule has 8 heteroatoms. The lowest BCUT2D eigenvalue weighted by atomic mass is 10.2. The number of hydrogen-bond acceptors (Lipinski definition) is 5. The summed E-state index contributed by atoms with van der Waals surface area (Å²) in [5.41, 5.74) is 3.41. The molecule has 2 aliphatic rings. The molecule has 0 radical (unpaired) electrons. The number of carbonyl (C=O) groups is 1. The van der Waals surface area contributed by atoms with Crippen LogP contribution in [0.3, 0.4) is 0 Å². The van der Waals surface area contributed by atoms with Gasteiger partial charge in [-0.3, -0.25) is 4.79 Å². The van der Waals surface area contributed by atoms with Crippen molar-refractivity contribution in [1.82, 2.24) is 19.6 Å². The quantitative estimate of drug-likeness (QED) is 0.628. The minimum Gasteiger partial charge on any atom is -0.366 e. The summed E-state index contributed by atoms with van der Waals surface area (Å²) < 4.78 is 21.6. The zero-order valence-corrected chi connectivity index (χ0v) is 17.8. The van der Waals surface area contributed by atoms with Gasteiger partial charge in [0.2, 0.25) is 5.91 Å². The van der Waals surface area contributed by atoms with Crippen molar-refractivity contribution in [3.8, 4) is 11.6 Å². The predicted octanol–water partition coefficient (Wildman–Crippen LogP) is 3.52. The van der Waals surface area contributed by atoms with Crippen LogP contribution in [0.5, 0.6) is 0 Å². The Hall–Kier alpha value is -3.16. The maximum Gasteiger partial charge on any atom is 0.274 e. The lowest BCUT2D eigenvalue weighted by Crippen LogP contribution is -2.49. The molecular weight excluding hydrogens is 397 g/mol. The third-order valence-electron chi connectivity index (χ3n) is 6.20. The van der Waals surface area contributed by atoms with Crippen molar-refractivity contribution < 1.29 is 13.7 Å². The maximum atomic E-state index is 14.1. The molecule has 31 heavy (non-hydrogen) atoms. The van der Waals surface area contributed by atoms with Gasteiger partial charge in [-0.05, 0) is 50.5 Å². The van der Waals surface area contributed by atoms with E-state index in [4.69, 9.17) is 4.52 Å². The van der Waals surface area contributed by atoms with E-state index in [1.807, 2.05) is 40.3 Å². The molecule has 1 aliphatic carbocycles. The van der Waals surface area contributed by atoms with E-state index in [0.717, 1.165) is 35.6 Å². The number of aryl methyl sites for hydroxylation is 2. The Balaban J connectivity index is 1.29. The topological polar surface area (TPSA) is 67.4 Å². The third kappa shape index (κ3) is 3.82. The van der Waals surface area contributed by atoms with Crippen molar-refractivity contribution in [1.29, 1.82) is 0 Å². The SMILES string of the molecule is Cc1cc(C)n(CC(=O)N2CCN(c3ccccc3F)CC2)c1-c1nc(C2CC2)no1. The third-order valence-corrected chi connectivity index (χ3v) is 6.20. The Labute approximate surface area is 180 Å². The summed E-state index contributed by atoms with van der Waals surface area (Å²) in [6.07, 6.45) is 2.21. The molecule has 1 aromatic carbocycles. The van der Waals surface area contributed by atoms with Crippen LogP contribution in [0, 0.1) is 19.7 Å². The van der Waals surface area contributed by atoms with Gasteiger partial charge in [-0.25, -0.2) is 4.39 Å². The van der Waals surface area contributed by atoms with Crippen molar-refractivity contribution in [3.63, 3.8) is 0 Å². The Morgan fingerprint density at radius 3 is 2.61 bits per heavy atom. The summed E-state index contributed by atoms with van der Waals surface area (Å²) in [5, 5.41) is 4.13. The summed E-state index contributed by atoms with van der Waals surface area (Å²) in [5.74, 6) is 1.46. The number of aromatic nitrogens is 3. The van der Waals surface area contributed by atoms with Crippen LogP contribution in [-0.4, -0.2) is 51.7 Å². The highest BCUT2D eigenvalue weighted by Crippen LogP contribution is 2.39. The number of anilines is 1. The molecule has 2 aromatic heterocycles. The Morgan fingerprint density at radius 1 is 1.16 bits per heavy atom. The van der Waals surface area contributed by atoms with Gasteiger partial charge in [0, 0.05) is 37.8 Å². The highest BCUT2D eigenvalue weighted by Gasteiger charge is 2.30. The van der Waals surface area contributed by atoms with E-state index in [1.165, 1.54) is 6.07 Å². The second-order valence-electron chi connectivity index (χ2n) is 8.45. The molecule has 3 heterocycles. The van der Waals surface area contributed by atoms with Crippen LogP contribution < -0.4 is 4.90 Å². The van der Waals surface area contributed by atoms with Crippen molar-refractivity contribution in [2.75, 3.05) is 31.1 Å². The Bertz CT molecular complexity index is 1110. The first-order chi connectivity index (χ1) is 15.0. The lowest BCUT2D eigenvalue weighted by Gasteiger charge is -2.36. The van der Waals surface area contributed by atoms with Gasteiger partial charge in [-0.2, -0.15) is 4.98 Å². The number of halogens is 1. The highest BCUT2D eigenvalue weighted by molar-refractivity contribution is 5.77. The Morgan fingerprint density at radius 2 is 1.90 bits per heavy atom. The first kappa shape index (κ1) is 19.8. The van der Waals surface area contributed by atoms with E-state index in [1.54, 1.807) is 12.1 Å². The lowest BCUT2D eigenvalue weighted by molar-refractivity contribution is -0.132. The number of carbonyl (C=O) groups excluding carboxylic acids is 1. The van der Waals surface area contributed by atoms with E-state index in [-0.39, 0.29) is 18.3 Å². The molecule has 0 N–H and O–H groups in total. The number of para-hydroxylation sites is 1. The first-order valence-corrected chi connectivity index (χ1v) is 10.8. The van der Waals surface area contributed by atoms with Crippen LogP contribution in [0.15, 0.2) is 34.9 Å². The van der Waals surface area contributed by atoms with Crippen LogP contribution >= 0.6 is 0 Å². The monoisotopic (exact) mass is 423 g/mol. The van der Waals surface area contributed by atoms with Gasteiger partial charge in [0.25, 0.3) is 5.89 Å². The molecule has 7 nitrogen and oxygen atoms in total. The van der Waals surface area contributed by atoms with E-state index >= 15 is 0 Å². The van der Waals surface area contributed by atoms with Crippen LogP contribution in [-0.2, 0) is 11.3 Å². The van der Waals surface area contributed by atoms with Gasteiger partial charge in [0.1, 0.15) is 18.1 Å². The van der Waals surface area contributed by atoms with E-state index in [0.29, 0.717) is 43.7 Å². The highest BCUT2D eigenvalue weighted by atomic mass is 19.1. The molecule has 0 spiro atoms. The molecule has 1 saturated carbocycles. The molecule has 1 saturated heterocycles. The summed E-state index contributed by atoms with van der Waals surface area (Å²) in [6.45, 7) is 6.54. The summed E-state index contributed by atoms with van der Waals surface area (Å²) in [7, 11) is 0. The molecule has 0 bridgehead atoms. The largest absolute Gasteiger partial charge is 0.366 e. The van der Waals surface area contributed by atoms with Crippen LogP contribution in [0.4, 0.5) is 10.1 Å². The molecule has 1 aliphatic heterocycles. The molecule has 5 rings (SSSR count). The van der Waals surface area contributed by atoms with Crippen LogP contribution in [0.2, 0.25) is 0 Å². The number of nitrogens with zero attached hydrogens (tertiary/aromatic N) is 5. The minimum absolute atomic E-state index is 0.0371. The zero-order valence-electron chi connectivity index (χ0n) is 17.8. The molecular formula is C23H26FN5O2. The van der Waals surface area contributed by atoms with Gasteiger partial charge in [-0.1, -0.05) is 17.3 Å². The van der Waals surface area contributed by atoms with Gasteiger partial charge >= 0.3 is 0 Å². The second-order valence-corrected chi connectivity index (χ2v) is 8.45. The summed E-state index contributed by atoms with van der Waals surface area (Å²) in [6, 6.07) is 8.82. The summed E-state index contributed by atoms with van der Waals surface area (Å²) in [4.78, 5) is 21.5. The second kappa shape index (κ2) is 7.83. The molecule has 3 aromatic rings. The smallest absolute Gasteiger partial charge is 0.274 e. The fraction of sp³-hybridized carbons (Fsp3) is 0.435. The first-order valence-electron chi connectivity index (χ1n) is 10.8. The standard InChI is InChI=1S/C23H26FN5O2/c1-15-13-16(2)29(21(15)23-25-22(26-31-23)17-7-8-17)14-20(30)28-11-9-27(10-12-28)19-6-4-3-5-18(19)24/h3-6,13,17H,7-12,14H2,1-2H3. The molecule has 0 unspecified atom stereocenters. The van der Waals surface area contributed by atoms with Crippen LogP contribution in [0.25, 0.3) is 11.6 Å². The predicted molar refractivity (Wildman–Crippen MR) is 114 cm³/mol. The van der Waals surface area contributed by atoms with Gasteiger partial charge in [-0.15, -0.1) is 0 Å². The molecule has 162 valence electrons. The average molecular weight is 423 g/mol. The van der Waals surface area contributed by atoms with E-state index < -0.39 is 0 Å². The van der Waals surface area contributed by atoms with Gasteiger partial charge in [0.05, 0.1) is 5.69 Å². The van der Waals surface area contributed by atoms with Crippen molar-refractivity contribution in [2.24, 2.45) is 0 Å². The number of amides is 1. The fourth-order valence-corrected chi connectivity index (χ4v) is 4.32. The van der Waals surface area contributed by atoms with Crippen molar-refractivity contribution in [2.45, 2.75) is 39.2 Å². The van der Waals surface area contributed by atoms with Crippen LogP contribution in [0.1, 0.15) is 35.8 Å². The average Bonchev–Trinajstić information content (AvgIpc) is 3.44. The number of piperazine rings is 1. The van der Waals surface area contributed by atoms with Gasteiger partial charge < -0.3 is 18.9 Å². The molecule has 1 amide bonds. The minimum atomic E-state index is -0.226. The number of rotatable bonds is 5. The zero-order chi connectivity index (χ0) is 21.5. The summed E-state index contributed by atoms with van der Waals surface area (Å²) >= 11 is 0.